The lowest BCUT2D eigenvalue weighted by Gasteiger charge is -2.17. The van der Waals surface area contributed by atoms with E-state index < -0.39 is 37.4 Å². The van der Waals surface area contributed by atoms with Crippen molar-refractivity contribution in [3.05, 3.63) is 82.4 Å². The van der Waals surface area contributed by atoms with Crippen molar-refractivity contribution >= 4 is 29.3 Å². The second kappa shape index (κ2) is 14.0. The Kier molecular flexibility index (Phi) is 9.98. The largest absolute Gasteiger partial charge is 0.497 e. The van der Waals surface area contributed by atoms with Gasteiger partial charge in [0.25, 0.3) is 11.7 Å². The van der Waals surface area contributed by atoms with E-state index in [0.29, 0.717) is 11.5 Å². The number of ketones is 1. The summed E-state index contributed by atoms with van der Waals surface area (Å²) < 4.78 is 34.0. The van der Waals surface area contributed by atoms with Gasteiger partial charge in [0.2, 0.25) is 0 Å². The molecule has 0 radical (unpaired) electrons. The number of carbonyl (C=O) groups excluding carboxylic acids is 2. The standard InChI is InChI=1S/C28H28ClNO9/c1-35-16-22(28(33)34)30-27(32)25(31)21-12-13-23(38-14-17-4-8-19(36-2)9-5-17)26(24(21)29)39-15-18-6-10-20(37-3)11-7-18/h4-13,22H,14-16H2,1-3H3,(H,30,32)(H,33,34)/t22-/m0/s1/i1D. The molecule has 0 bridgehead atoms. The molecule has 0 aliphatic rings. The molecule has 206 valence electrons. The van der Waals surface area contributed by atoms with Gasteiger partial charge in [0.15, 0.2) is 17.5 Å². The molecule has 0 saturated heterocycles. The summed E-state index contributed by atoms with van der Waals surface area (Å²) in [6.07, 6.45) is 0. The molecular weight excluding hydrogens is 530 g/mol. The number of benzene rings is 3. The average molecular weight is 559 g/mol. The van der Waals surface area contributed by atoms with Crippen molar-refractivity contribution in [2.45, 2.75) is 19.3 Å². The summed E-state index contributed by atoms with van der Waals surface area (Å²) in [5, 5.41) is 11.2. The minimum absolute atomic E-state index is 0.0250. The maximum absolute atomic E-state index is 13.0. The lowest BCUT2D eigenvalue weighted by atomic mass is 10.1. The first-order valence-corrected chi connectivity index (χ1v) is 11.9. The second-order valence-electron chi connectivity index (χ2n) is 8.09. The number of halogens is 1. The second-order valence-corrected chi connectivity index (χ2v) is 8.47. The van der Waals surface area contributed by atoms with E-state index in [1.807, 2.05) is 12.1 Å². The molecule has 0 aliphatic carbocycles. The molecule has 39 heavy (non-hydrogen) atoms. The number of carbonyl (C=O) groups is 3. The van der Waals surface area contributed by atoms with E-state index >= 15 is 0 Å². The zero-order chi connectivity index (χ0) is 29.1. The molecule has 1 atom stereocenters. The van der Waals surface area contributed by atoms with Crippen LogP contribution in [0.2, 0.25) is 5.02 Å². The highest BCUT2D eigenvalue weighted by atomic mass is 35.5. The molecule has 0 aliphatic heterocycles. The van der Waals surface area contributed by atoms with Crippen LogP contribution in [0.15, 0.2) is 60.7 Å². The van der Waals surface area contributed by atoms with Crippen LogP contribution in [0, 0.1) is 0 Å². The van der Waals surface area contributed by atoms with Crippen LogP contribution in [0.4, 0.5) is 0 Å². The van der Waals surface area contributed by atoms with Crippen molar-refractivity contribution < 1.29 is 44.5 Å². The zero-order valence-electron chi connectivity index (χ0n) is 22.3. The number of hydrogen-bond acceptors (Lipinski definition) is 8. The highest BCUT2D eigenvalue weighted by Crippen LogP contribution is 2.39. The molecular formula is C28H28ClNO9. The number of carboxylic acid groups (broad SMARTS) is 1. The summed E-state index contributed by atoms with van der Waals surface area (Å²) in [6, 6.07) is 15.5. The summed E-state index contributed by atoms with van der Waals surface area (Å²) in [5.74, 6) is -2.12. The minimum Gasteiger partial charge on any atom is -0.497 e. The summed E-state index contributed by atoms with van der Waals surface area (Å²) >= 11 is 6.56. The Hall–Kier alpha value is -4.28. The normalized spacial score (nSPS) is 11.6. The summed E-state index contributed by atoms with van der Waals surface area (Å²) in [5.41, 5.74) is 1.38. The average Bonchev–Trinajstić information content (AvgIpc) is 2.97. The van der Waals surface area contributed by atoms with Gasteiger partial charge in [-0.05, 0) is 47.5 Å². The predicted octanol–water partition coefficient (Wildman–Crippen LogP) is 3.91. The lowest BCUT2D eigenvalue weighted by Crippen LogP contribution is -2.46. The van der Waals surface area contributed by atoms with Gasteiger partial charge in [-0.15, -0.1) is 0 Å². The number of hydrogen-bond donors (Lipinski definition) is 2. The fourth-order valence-corrected chi connectivity index (χ4v) is 3.66. The van der Waals surface area contributed by atoms with Crippen LogP contribution in [0.25, 0.3) is 0 Å². The Bertz CT molecular complexity index is 1320. The molecule has 0 saturated carbocycles. The van der Waals surface area contributed by atoms with Crippen LogP contribution in [-0.4, -0.2) is 56.7 Å². The van der Waals surface area contributed by atoms with Crippen LogP contribution in [0.3, 0.4) is 0 Å². The van der Waals surface area contributed by atoms with Gasteiger partial charge < -0.3 is 34.1 Å². The van der Waals surface area contributed by atoms with Gasteiger partial charge in [0.05, 0.1) is 32.8 Å². The number of amides is 1. The first-order chi connectivity index (χ1) is 19.3. The van der Waals surface area contributed by atoms with Crippen LogP contribution < -0.4 is 24.3 Å². The van der Waals surface area contributed by atoms with E-state index in [9.17, 15) is 19.5 Å². The Morgan fingerprint density at radius 3 is 1.97 bits per heavy atom. The lowest BCUT2D eigenvalue weighted by molar-refractivity contribution is -0.142. The maximum Gasteiger partial charge on any atom is 0.328 e. The number of carboxylic acids is 1. The molecule has 3 rings (SSSR count). The Morgan fingerprint density at radius 1 is 0.897 bits per heavy atom. The third-order valence-corrected chi connectivity index (χ3v) is 5.87. The zero-order valence-corrected chi connectivity index (χ0v) is 22.0. The maximum atomic E-state index is 13.0. The first-order valence-electron chi connectivity index (χ1n) is 12.3. The molecule has 3 aromatic carbocycles. The van der Waals surface area contributed by atoms with Crippen molar-refractivity contribution in [3.63, 3.8) is 0 Å². The molecule has 0 aromatic heterocycles. The number of ether oxygens (including phenoxy) is 5. The third-order valence-electron chi connectivity index (χ3n) is 5.50. The van der Waals surface area contributed by atoms with Crippen molar-refractivity contribution in [2.75, 3.05) is 27.9 Å². The quantitative estimate of drug-likeness (QED) is 0.223. The Labute approximate surface area is 231 Å². The molecule has 0 heterocycles. The monoisotopic (exact) mass is 558 g/mol. The Morgan fingerprint density at radius 2 is 1.46 bits per heavy atom. The number of nitrogens with one attached hydrogen (secondary N) is 1. The molecule has 3 aromatic rings. The predicted molar refractivity (Wildman–Crippen MR) is 142 cm³/mol. The van der Waals surface area contributed by atoms with Gasteiger partial charge in [-0.3, -0.25) is 9.59 Å². The molecule has 11 heteroatoms. The molecule has 2 N–H and O–H groups in total. The number of rotatable bonds is 14. The van der Waals surface area contributed by atoms with Gasteiger partial charge in [-0.25, -0.2) is 4.79 Å². The third kappa shape index (κ3) is 7.86. The molecule has 10 nitrogen and oxygen atoms in total. The van der Waals surface area contributed by atoms with E-state index in [2.05, 4.69) is 5.32 Å². The minimum atomic E-state index is -1.53. The van der Waals surface area contributed by atoms with Gasteiger partial charge in [-0.2, -0.15) is 0 Å². The van der Waals surface area contributed by atoms with E-state index in [1.54, 1.807) is 50.6 Å². The summed E-state index contributed by atoms with van der Waals surface area (Å²) in [4.78, 5) is 37.0. The van der Waals surface area contributed by atoms with E-state index in [0.717, 1.165) is 11.1 Å². The SMILES string of the molecule is [2H]COC[C@H](NC(=O)C(=O)c1ccc(OCc2ccc(OC)cc2)c(OCc2ccc(OC)cc2)c1Cl)C(=O)O. The number of methoxy groups -OCH3 is 3. The van der Waals surface area contributed by atoms with Crippen molar-refractivity contribution in [1.82, 2.24) is 5.32 Å². The fraction of sp³-hybridized carbons (Fsp3) is 0.250. The van der Waals surface area contributed by atoms with Crippen LogP contribution >= 0.6 is 11.6 Å². The van der Waals surface area contributed by atoms with Crippen molar-refractivity contribution in [2.24, 2.45) is 0 Å². The summed E-state index contributed by atoms with van der Waals surface area (Å²) in [6.45, 7) is -0.290. The van der Waals surface area contributed by atoms with Crippen LogP contribution in [-0.2, 0) is 27.5 Å². The van der Waals surface area contributed by atoms with Crippen LogP contribution in [0.5, 0.6) is 23.0 Å². The summed E-state index contributed by atoms with van der Waals surface area (Å²) in [7, 11) is 2.61. The van der Waals surface area contributed by atoms with Crippen molar-refractivity contribution in [3.8, 4) is 23.0 Å². The van der Waals surface area contributed by atoms with Crippen LogP contribution in [0.1, 0.15) is 22.9 Å². The van der Waals surface area contributed by atoms with Gasteiger partial charge in [-0.1, -0.05) is 35.9 Å². The van der Waals surface area contributed by atoms with Gasteiger partial charge in [0.1, 0.15) is 24.7 Å². The van der Waals surface area contributed by atoms with E-state index in [4.69, 9.17) is 36.7 Å². The topological polar surface area (TPSA) is 130 Å². The van der Waals surface area contributed by atoms with E-state index in [-0.39, 0.29) is 35.3 Å². The molecule has 1 amide bonds. The fourth-order valence-electron chi connectivity index (χ4n) is 3.36. The highest BCUT2D eigenvalue weighted by Gasteiger charge is 2.28. The molecule has 0 spiro atoms. The number of aliphatic carboxylic acids is 1. The molecule has 0 fully saturated rings. The first kappa shape index (κ1) is 27.7. The highest BCUT2D eigenvalue weighted by molar-refractivity contribution is 6.47. The van der Waals surface area contributed by atoms with E-state index in [1.165, 1.54) is 12.1 Å². The number of Topliss-reactive ketones (excluding diaryl/α,β-unsaturated/α-hetero) is 1. The van der Waals surface area contributed by atoms with Crippen molar-refractivity contribution in [1.29, 1.82) is 0 Å². The van der Waals surface area contributed by atoms with Gasteiger partial charge >= 0.3 is 5.97 Å². The Balaban J connectivity index is 1.86. The smallest absolute Gasteiger partial charge is 0.328 e. The van der Waals surface area contributed by atoms with Gasteiger partial charge in [0, 0.05) is 7.09 Å². The molecule has 0 unspecified atom stereocenters.